The molecule has 0 amide bonds. The van der Waals surface area contributed by atoms with Crippen LogP contribution >= 0.6 is 0 Å². The highest BCUT2D eigenvalue weighted by atomic mass is 16.3. The van der Waals surface area contributed by atoms with Crippen molar-refractivity contribution in [3.05, 3.63) is 34.9 Å². The van der Waals surface area contributed by atoms with Gasteiger partial charge in [-0.1, -0.05) is 25.1 Å². The predicted octanol–water partition coefficient (Wildman–Crippen LogP) is 4.24. The maximum Gasteiger partial charge on any atom is 0.120 e. The Hall–Kier alpha value is -1.15. The fourth-order valence-corrected chi connectivity index (χ4v) is 6.35. The number of carbonyl (C=O) groups is 1. The van der Waals surface area contributed by atoms with Crippen molar-refractivity contribution in [3.8, 4) is 0 Å². The first-order valence-electron chi connectivity index (χ1n) is 9.33. The molecule has 1 aromatic rings. The van der Waals surface area contributed by atoms with Crippen molar-refractivity contribution >= 4 is 6.29 Å². The van der Waals surface area contributed by atoms with E-state index in [2.05, 4.69) is 25.1 Å². The molecule has 0 saturated heterocycles. The average molecular weight is 312 g/mol. The van der Waals surface area contributed by atoms with Crippen LogP contribution in [0.3, 0.4) is 0 Å². The van der Waals surface area contributed by atoms with Crippen LogP contribution in [0.1, 0.15) is 68.1 Å². The van der Waals surface area contributed by atoms with Crippen LogP contribution in [0, 0.1) is 23.2 Å². The van der Waals surface area contributed by atoms with E-state index in [1.54, 1.807) is 5.56 Å². The van der Waals surface area contributed by atoms with Crippen molar-refractivity contribution < 1.29 is 9.90 Å². The second-order valence-corrected chi connectivity index (χ2v) is 8.33. The van der Waals surface area contributed by atoms with Gasteiger partial charge in [0.1, 0.15) is 6.29 Å². The van der Waals surface area contributed by atoms with E-state index < -0.39 is 0 Å². The Morgan fingerprint density at radius 2 is 2.13 bits per heavy atom. The van der Waals surface area contributed by atoms with Gasteiger partial charge in [-0.2, -0.15) is 0 Å². The van der Waals surface area contributed by atoms with E-state index in [4.69, 9.17) is 0 Å². The Kier molecular flexibility index (Phi) is 3.84. The number of hydrogen-bond acceptors (Lipinski definition) is 2. The number of fused-ring (bicyclic) bond motifs is 5. The molecule has 0 radical (unpaired) electrons. The zero-order chi connectivity index (χ0) is 16.0. The average Bonchev–Trinajstić information content (AvgIpc) is 2.91. The van der Waals surface area contributed by atoms with Crippen molar-refractivity contribution in [3.63, 3.8) is 0 Å². The molecule has 0 heterocycles. The first-order valence-corrected chi connectivity index (χ1v) is 9.33. The van der Waals surface area contributed by atoms with Crippen LogP contribution in [0.2, 0.25) is 0 Å². The van der Waals surface area contributed by atoms with Crippen LogP contribution in [0.15, 0.2) is 18.2 Å². The van der Waals surface area contributed by atoms with Gasteiger partial charge < -0.3 is 9.90 Å². The van der Waals surface area contributed by atoms with E-state index in [9.17, 15) is 9.90 Å². The number of aliphatic hydroxyl groups excluding tert-OH is 1. The molecule has 1 aromatic carbocycles. The third-order valence-corrected chi connectivity index (χ3v) is 7.55. The number of hydrogen-bond donors (Lipinski definition) is 1. The molecule has 1 N–H and O–H groups in total. The molecule has 0 aliphatic heterocycles. The van der Waals surface area contributed by atoms with Gasteiger partial charge in [0, 0.05) is 6.42 Å². The molecular weight excluding hydrogens is 284 g/mol. The van der Waals surface area contributed by atoms with Crippen LogP contribution in [0.5, 0.6) is 0 Å². The third-order valence-electron chi connectivity index (χ3n) is 7.55. The lowest BCUT2D eigenvalue weighted by Gasteiger charge is -2.51. The third kappa shape index (κ3) is 2.29. The molecule has 2 nitrogen and oxygen atoms in total. The summed E-state index contributed by atoms with van der Waals surface area (Å²) in [6.45, 7) is 2.62. The van der Waals surface area contributed by atoms with Crippen molar-refractivity contribution in [2.75, 3.05) is 0 Å². The van der Waals surface area contributed by atoms with E-state index >= 15 is 0 Å². The standard InChI is InChI=1S/C21H28O2/c1-21-10-8-18-17-5-2-14(13-23)12-15(17)3-6-19(18)20(21)7-4-16(21)9-11-22/h2,5,11-12,16,18-20,23H,3-4,6-10,13H2,1H3. The van der Waals surface area contributed by atoms with E-state index in [0.717, 1.165) is 36.5 Å². The molecular formula is C21H28O2. The van der Waals surface area contributed by atoms with Crippen LogP contribution in [0.4, 0.5) is 0 Å². The summed E-state index contributed by atoms with van der Waals surface area (Å²) >= 11 is 0. The molecule has 23 heavy (non-hydrogen) atoms. The lowest BCUT2D eigenvalue weighted by atomic mass is 9.54. The van der Waals surface area contributed by atoms with E-state index in [0.29, 0.717) is 17.3 Å². The second-order valence-electron chi connectivity index (χ2n) is 8.33. The summed E-state index contributed by atoms with van der Waals surface area (Å²) in [5.41, 5.74) is 4.47. The lowest BCUT2D eigenvalue weighted by molar-refractivity contribution is -0.109. The minimum absolute atomic E-state index is 0.148. The Labute approximate surface area is 139 Å². The molecule has 124 valence electrons. The monoisotopic (exact) mass is 312 g/mol. The number of rotatable bonds is 3. The minimum Gasteiger partial charge on any atom is -0.392 e. The van der Waals surface area contributed by atoms with E-state index in [1.807, 2.05) is 0 Å². The molecule has 2 heteroatoms. The van der Waals surface area contributed by atoms with Gasteiger partial charge in [0.05, 0.1) is 6.61 Å². The van der Waals surface area contributed by atoms with Gasteiger partial charge >= 0.3 is 0 Å². The predicted molar refractivity (Wildman–Crippen MR) is 91.2 cm³/mol. The fourth-order valence-electron chi connectivity index (χ4n) is 6.35. The summed E-state index contributed by atoms with van der Waals surface area (Å²) in [4.78, 5) is 11.1. The van der Waals surface area contributed by atoms with Gasteiger partial charge in [-0.25, -0.2) is 0 Å². The van der Waals surface area contributed by atoms with E-state index in [-0.39, 0.29) is 6.61 Å². The molecule has 3 aliphatic carbocycles. The highest BCUT2D eigenvalue weighted by molar-refractivity contribution is 5.50. The van der Waals surface area contributed by atoms with Gasteiger partial charge in [-0.15, -0.1) is 0 Å². The van der Waals surface area contributed by atoms with Gasteiger partial charge in [0.25, 0.3) is 0 Å². The van der Waals surface area contributed by atoms with Crippen LogP contribution in [0.25, 0.3) is 0 Å². The highest BCUT2D eigenvalue weighted by Gasteiger charge is 2.54. The molecule has 2 saturated carbocycles. The van der Waals surface area contributed by atoms with Crippen molar-refractivity contribution in [1.29, 1.82) is 0 Å². The Balaban J connectivity index is 1.64. The van der Waals surface area contributed by atoms with Crippen LogP contribution in [-0.2, 0) is 17.8 Å². The molecule has 3 aliphatic rings. The first-order chi connectivity index (χ1) is 11.2. The maximum absolute atomic E-state index is 11.1. The molecule has 0 aromatic heterocycles. The SMILES string of the molecule is CC12CCC3c4ccc(CO)cc4CCC3C1CCC2CC=O. The number of aliphatic hydroxyl groups is 1. The lowest BCUT2D eigenvalue weighted by Crippen LogP contribution is -2.42. The van der Waals surface area contributed by atoms with Crippen molar-refractivity contribution in [1.82, 2.24) is 0 Å². The van der Waals surface area contributed by atoms with E-state index in [1.165, 1.54) is 37.7 Å². The summed E-state index contributed by atoms with van der Waals surface area (Å²) in [7, 11) is 0. The number of benzene rings is 1. The molecule has 5 unspecified atom stereocenters. The molecule has 4 rings (SSSR count). The summed E-state index contributed by atoms with van der Waals surface area (Å²) < 4.78 is 0. The van der Waals surface area contributed by atoms with Gasteiger partial charge in [-0.3, -0.25) is 0 Å². The molecule has 5 atom stereocenters. The summed E-state index contributed by atoms with van der Waals surface area (Å²) in [6, 6.07) is 6.63. The smallest absolute Gasteiger partial charge is 0.120 e. The highest BCUT2D eigenvalue weighted by Crippen LogP contribution is 2.63. The Bertz CT molecular complexity index is 608. The normalized spacial score (nSPS) is 38.5. The number of aldehydes is 1. The summed E-state index contributed by atoms with van der Waals surface area (Å²) in [5.74, 6) is 2.93. The topological polar surface area (TPSA) is 37.3 Å². The van der Waals surface area contributed by atoms with Gasteiger partial charge in [0.15, 0.2) is 0 Å². The Morgan fingerprint density at radius 1 is 1.26 bits per heavy atom. The van der Waals surface area contributed by atoms with Crippen molar-refractivity contribution in [2.45, 2.75) is 64.4 Å². The fraction of sp³-hybridized carbons (Fsp3) is 0.667. The van der Waals surface area contributed by atoms with Gasteiger partial charge in [-0.05, 0) is 84.3 Å². The summed E-state index contributed by atoms with van der Waals surface area (Å²) in [6.07, 6.45) is 9.49. The first kappa shape index (κ1) is 15.4. The van der Waals surface area contributed by atoms with Crippen LogP contribution in [-0.4, -0.2) is 11.4 Å². The summed E-state index contributed by atoms with van der Waals surface area (Å²) in [5, 5.41) is 9.38. The number of aryl methyl sites for hydroxylation is 1. The Morgan fingerprint density at radius 3 is 2.91 bits per heavy atom. The van der Waals surface area contributed by atoms with Gasteiger partial charge in [0.2, 0.25) is 0 Å². The molecule has 2 fully saturated rings. The zero-order valence-electron chi connectivity index (χ0n) is 14.1. The van der Waals surface area contributed by atoms with Crippen molar-refractivity contribution in [2.24, 2.45) is 23.2 Å². The number of carbonyl (C=O) groups excluding carboxylic acids is 1. The second kappa shape index (κ2) is 5.73. The quantitative estimate of drug-likeness (QED) is 0.848. The molecule has 0 bridgehead atoms. The minimum atomic E-state index is 0.148. The van der Waals surface area contributed by atoms with Crippen LogP contribution < -0.4 is 0 Å². The molecule has 0 spiro atoms. The zero-order valence-corrected chi connectivity index (χ0v) is 14.1. The maximum atomic E-state index is 11.1. The largest absolute Gasteiger partial charge is 0.392 e.